The minimum absolute atomic E-state index is 0.0493. The molecule has 1 saturated heterocycles. The van der Waals surface area contributed by atoms with Gasteiger partial charge in [0.25, 0.3) is 5.91 Å². The van der Waals surface area contributed by atoms with Crippen molar-refractivity contribution in [3.8, 4) is 0 Å². The summed E-state index contributed by atoms with van der Waals surface area (Å²) in [4.78, 5) is 12.9. The van der Waals surface area contributed by atoms with E-state index in [1.807, 2.05) is 20.8 Å². The van der Waals surface area contributed by atoms with Gasteiger partial charge in [-0.2, -0.15) is 13.2 Å². The van der Waals surface area contributed by atoms with Crippen molar-refractivity contribution in [1.29, 1.82) is 0 Å². The van der Waals surface area contributed by atoms with E-state index < -0.39 is 26.3 Å². The maximum absolute atomic E-state index is 13.2. The van der Waals surface area contributed by atoms with E-state index in [2.05, 4.69) is 5.32 Å². The van der Waals surface area contributed by atoms with Gasteiger partial charge in [-0.1, -0.05) is 6.07 Å². The Balaban J connectivity index is 2.10. The van der Waals surface area contributed by atoms with Crippen LogP contribution in [-0.4, -0.2) is 44.2 Å². The Morgan fingerprint density at radius 2 is 1.67 bits per heavy atom. The molecule has 30 heavy (non-hydrogen) atoms. The summed E-state index contributed by atoms with van der Waals surface area (Å²) in [5, 5.41) is 2.92. The van der Waals surface area contributed by atoms with Crippen LogP contribution in [0.15, 0.2) is 29.2 Å². The Hall–Kier alpha value is -1.61. The molecule has 0 spiro atoms. The standard InChI is InChI=1S/C21H31F3N2O3S/c1-19(2,3)25-18(27)14-26-11-9-15(10-12-26)20(4,5)30(28,29)17-8-6-7-16(13-17)21(22,23)24/h6-8,13,15H,9-12,14H2,1-5H3,(H,25,27)/p+1. The van der Waals surface area contributed by atoms with E-state index >= 15 is 0 Å². The number of quaternary nitrogens is 1. The second-order valence-electron chi connectivity index (χ2n) is 9.63. The third-order valence-corrected chi connectivity index (χ3v) is 8.36. The molecule has 9 heteroatoms. The van der Waals surface area contributed by atoms with E-state index in [1.54, 1.807) is 13.8 Å². The van der Waals surface area contributed by atoms with Gasteiger partial charge in [0, 0.05) is 18.4 Å². The van der Waals surface area contributed by atoms with Gasteiger partial charge in [-0.15, -0.1) is 0 Å². The van der Waals surface area contributed by atoms with Crippen LogP contribution in [0.1, 0.15) is 53.0 Å². The van der Waals surface area contributed by atoms with E-state index in [1.165, 1.54) is 6.07 Å². The number of piperidine rings is 1. The number of hydrogen-bond donors (Lipinski definition) is 2. The van der Waals surface area contributed by atoms with Crippen molar-refractivity contribution < 1.29 is 31.3 Å². The maximum Gasteiger partial charge on any atom is 0.416 e. The highest BCUT2D eigenvalue weighted by molar-refractivity contribution is 7.92. The zero-order valence-electron chi connectivity index (χ0n) is 18.2. The maximum atomic E-state index is 13.2. The van der Waals surface area contributed by atoms with Crippen molar-refractivity contribution in [3.63, 3.8) is 0 Å². The van der Waals surface area contributed by atoms with E-state index in [9.17, 15) is 26.4 Å². The number of carbonyl (C=O) groups excluding carboxylic acids is 1. The number of sulfone groups is 1. The number of carbonyl (C=O) groups is 1. The van der Waals surface area contributed by atoms with E-state index in [4.69, 9.17) is 0 Å². The van der Waals surface area contributed by atoms with Crippen LogP contribution in [0.25, 0.3) is 0 Å². The molecule has 1 fully saturated rings. The number of halogens is 3. The highest BCUT2D eigenvalue weighted by atomic mass is 32.2. The Kier molecular flexibility index (Phi) is 6.98. The highest BCUT2D eigenvalue weighted by Crippen LogP contribution is 2.38. The van der Waals surface area contributed by atoms with Gasteiger partial charge in [-0.3, -0.25) is 4.79 Å². The summed E-state index contributed by atoms with van der Waals surface area (Å²) in [7, 11) is -3.97. The lowest BCUT2D eigenvalue weighted by Gasteiger charge is -2.38. The summed E-state index contributed by atoms with van der Waals surface area (Å²) < 4.78 is 64.3. The van der Waals surface area contributed by atoms with Gasteiger partial charge >= 0.3 is 6.18 Å². The fourth-order valence-electron chi connectivity index (χ4n) is 3.95. The molecule has 5 nitrogen and oxygen atoms in total. The van der Waals surface area contributed by atoms with Crippen LogP contribution in [0.5, 0.6) is 0 Å². The van der Waals surface area contributed by atoms with Crippen LogP contribution in [0.2, 0.25) is 0 Å². The zero-order chi connectivity index (χ0) is 23.0. The molecule has 0 bridgehead atoms. The molecular formula is C21H32F3N2O3S+. The summed E-state index contributed by atoms with van der Waals surface area (Å²) in [6.45, 7) is 10.5. The smallest absolute Gasteiger partial charge is 0.347 e. The Morgan fingerprint density at radius 3 is 2.17 bits per heavy atom. The van der Waals surface area contributed by atoms with Crippen molar-refractivity contribution >= 4 is 15.7 Å². The number of rotatable bonds is 5. The summed E-state index contributed by atoms with van der Waals surface area (Å²) >= 11 is 0. The van der Waals surface area contributed by atoms with Crippen molar-refractivity contribution in [2.45, 2.75) is 68.8 Å². The van der Waals surface area contributed by atoms with Crippen LogP contribution in [0, 0.1) is 5.92 Å². The molecule has 1 heterocycles. The van der Waals surface area contributed by atoms with Crippen molar-refractivity contribution in [3.05, 3.63) is 29.8 Å². The number of amides is 1. The molecular weight excluding hydrogens is 417 g/mol. The molecule has 0 unspecified atom stereocenters. The van der Waals surface area contributed by atoms with E-state index in [0.29, 0.717) is 38.5 Å². The molecule has 1 aromatic carbocycles. The molecule has 1 aromatic rings. The Morgan fingerprint density at radius 1 is 1.10 bits per heavy atom. The summed E-state index contributed by atoms with van der Waals surface area (Å²) in [5.74, 6) is -0.252. The topological polar surface area (TPSA) is 67.7 Å². The van der Waals surface area contributed by atoms with Crippen molar-refractivity contribution in [2.75, 3.05) is 19.6 Å². The molecule has 2 rings (SSSR count). The van der Waals surface area contributed by atoms with Crippen LogP contribution < -0.4 is 10.2 Å². The van der Waals surface area contributed by atoms with Gasteiger partial charge in [0.1, 0.15) is 0 Å². The number of benzene rings is 1. The lowest BCUT2D eigenvalue weighted by Crippen LogP contribution is -3.14. The largest absolute Gasteiger partial charge is 0.416 e. The first kappa shape index (κ1) is 24.7. The fourth-order valence-corrected chi connectivity index (χ4v) is 5.77. The van der Waals surface area contributed by atoms with Gasteiger partial charge in [0.05, 0.1) is 28.3 Å². The first-order valence-corrected chi connectivity index (χ1v) is 11.6. The van der Waals surface area contributed by atoms with Gasteiger partial charge < -0.3 is 10.2 Å². The molecule has 2 N–H and O–H groups in total. The Bertz CT molecular complexity index is 866. The third kappa shape index (κ3) is 5.75. The molecule has 0 radical (unpaired) electrons. The van der Waals surface area contributed by atoms with Crippen LogP contribution in [0.4, 0.5) is 13.2 Å². The van der Waals surface area contributed by atoms with Gasteiger partial charge in [0.15, 0.2) is 16.4 Å². The quantitative estimate of drug-likeness (QED) is 0.726. The second kappa shape index (κ2) is 8.49. The van der Waals surface area contributed by atoms with Gasteiger partial charge in [-0.05, 0) is 58.7 Å². The molecule has 0 aliphatic carbocycles. The van der Waals surface area contributed by atoms with Crippen LogP contribution in [-0.2, 0) is 20.8 Å². The average molecular weight is 450 g/mol. The molecule has 1 aliphatic heterocycles. The van der Waals surface area contributed by atoms with Gasteiger partial charge in [0.2, 0.25) is 0 Å². The third-order valence-electron chi connectivity index (χ3n) is 5.77. The van der Waals surface area contributed by atoms with Crippen LogP contribution in [0.3, 0.4) is 0 Å². The minimum atomic E-state index is -4.60. The first-order valence-electron chi connectivity index (χ1n) is 10.1. The predicted octanol–water partition coefficient (Wildman–Crippen LogP) is 2.47. The second-order valence-corrected chi connectivity index (χ2v) is 12.2. The minimum Gasteiger partial charge on any atom is -0.347 e. The molecule has 0 atom stereocenters. The monoisotopic (exact) mass is 449 g/mol. The lowest BCUT2D eigenvalue weighted by molar-refractivity contribution is -0.898. The predicted molar refractivity (Wildman–Crippen MR) is 109 cm³/mol. The number of hydrogen-bond acceptors (Lipinski definition) is 3. The van der Waals surface area contributed by atoms with E-state index in [-0.39, 0.29) is 22.3 Å². The van der Waals surface area contributed by atoms with Crippen LogP contribution >= 0.6 is 0 Å². The molecule has 0 saturated carbocycles. The summed E-state index contributed by atoms with van der Waals surface area (Å²) in [6.07, 6.45) is -3.43. The van der Waals surface area contributed by atoms with Crippen molar-refractivity contribution in [1.82, 2.24) is 5.32 Å². The molecule has 170 valence electrons. The summed E-state index contributed by atoms with van der Waals surface area (Å²) in [5.41, 5.74) is -1.28. The number of nitrogens with one attached hydrogen (secondary N) is 2. The lowest BCUT2D eigenvalue weighted by atomic mass is 9.86. The average Bonchev–Trinajstić information content (AvgIpc) is 2.59. The van der Waals surface area contributed by atoms with Gasteiger partial charge in [-0.25, -0.2) is 8.42 Å². The van der Waals surface area contributed by atoms with Crippen molar-refractivity contribution in [2.24, 2.45) is 5.92 Å². The van der Waals surface area contributed by atoms with E-state index in [0.717, 1.165) is 17.0 Å². The molecule has 1 aliphatic rings. The summed E-state index contributed by atoms with van der Waals surface area (Å²) in [6, 6.07) is 3.95. The highest BCUT2D eigenvalue weighted by Gasteiger charge is 2.45. The fraction of sp³-hybridized carbons (Fsp3) is 0.667. The molecule has 0 aromatic heterocycles. The zero-order valence-corrected chi connectivity index (χ0v) is 19.0. The molecule has 1 amide bonds. The Labute approximate surface area is 176 Å². The first-order chi connectivity index (χ1) is 13.5. The number of alkyl halides is 3. The number of likely N-dealkylation sites (tertiary alicyclic amines) is 1. The SMILES string of the molecule is CC(C)(C)NC(=O)C[NH+]1CCC(C(C)(C)S(=O)(=O)c2cccc(C(F)(F)F)c2)CC1. The normalized spacial score (nSPS) is 21.3.